The largest absolute Gasteiger partial charge is 0.494 e. The van der Waals surface area contributed by atoms with Gasteiger partial charge in [0.1, 0.15) is 36.7 Å². The number of anilines is 5. The van der Waals surface area contributed by atoms with Gasteiger partial charge in [0.15, 0.2) is 0 Å². The van der Waals surface area contributed by atoms with Gasteiger partial charge in [0.25, 0.3) is 0 Å². The smallest absolute Gasteiger partial charge is 0.231 e. The number of fused-ring (bicyclic) bond motifs is 4. The van der Waals surface area contributed by atoms with Crippen LogP contribution in [-0.4, -0.2) is 78.6 Å². The van der Waals surface area contributed by atoms with Crippen LogP contribution < -0.4 is 30.3 Å². The molecular weight excluding hydrogens is 561 g/mol. The molecule has 0 bridgehead atoms. The molecule has 2 aliphatic heterocycles. The van der Waals surface area contributed by atoms with Crippen LogP contribution in [-0.2, 0) is 4.57 Å². The highest BCUT2D eigenvalue weighted by Gasteiger charge is 2.38. The molecule has 41 heavy (non-hydrogen) atoms. The third-order valence-electron chi connectivity index (χ3n) is 8.07. The van der Waals surface area contributed by atoms with Crippen LogP contribution in [0.25, 0.3) is 11.0 Å². The molecule has 0 spiro atoms. The maximum absolute atomic E-state index is 13.0. The fourth-order valence-corrected chi connectivity index (χ4v) is 7.28. The van der Waals surface area contributed by atoms with Crippen molar-refractivity contribution in [2.24, 2.45) is 0 Å². The summed E-state index contributed by atoms with van der Waals surface area (Å²) in [6, 6.07) is 12.6. The van der Waals surface area contributed by atoms with Crippen molar-refractivity contribution in [2.75, 3.05) is 62.2 Å². The summed E-state index contributed by atoms with van der Waals surface area (Å²) in [6.07, 6.45) is 4.31. The first-order valence-corrected chi connectivity index (χ1v) is 16.8. The third-order valence-corrected chi connectivity index (χ3v) is 9.91. The number of methoxy groups -OCH3 is 1. The Kier molecular flexibility index (Phi) is 6.52. The minimum absolute atomic E-state index is 0.335. The summed E-state index contributed by atoms with van der Waals surface area (Å²) in [4.78, 5) is 17.7. The van der Waals surface area contributed by atoms with Crippen molar-refractivity contribution in [3.05, 3.63) is 47.6 Å². The van der Waals surface area contributed by atoms with E-state index in [1.165, 1.54) is 12.8 Å². The molecule has 4 heterocycles. The Hall–Kier alpha value is -3.46. The molecule has 7 rings (SSSR count). The summed E-state index contributed by atoms with van der Waals surface area (Å²) in [6.45, 7) is 7.22. The van der Waals surface area contributed by atoms with E-state index < -0.39 is 7.14 Å². The molecule has 1 atom stereocenters. The molecule has 214 valence electrons. The summed E-state index contributed by atoms with van der Waals surface area (Å²) >= 11 is 6.53. The number of aromatic amines is 1. The predicted octanol–water partition coefficient (Wildman–Crippen LogP) is 5.40. The number of para-hydroxylation sites is 1. The van der Waals surface area contributed by atoms with Crippen LogP contribution >= 0.6 is 18.7 Å². The van der Waals surface area contributed by atoms with Gasteiger partial charge in [0, 0.05) is 49.3 Å². The standard InChI is InChI=1S/C29H33ClN7O3P/c1-39-23-13-22-24(40-16-18-15-36(17-8-9-17)10-11-37(18)22)12-21(23)33-29-34-27-26(19(30)14-31-27)28(35-29)32-20-6-4-5-7-25(20)41(2,3)38/h4-7,12-14,17-18H,8-11,15-16H2,1-3H3,(H3,31,32,33,34,35)/t18-/m1/s1. The first-order chi connectivity index (χ1) is 19.8. The molecular formula is C29H33ClN7O3P. The molecule has 2 aromatic carbocycles. The number of aromatic nitrogens is 3. The van der Waals surface area contributed by atoms with Gasteiger partial charge in [0.05, 0.1) is 40.6 Å². The van der Waals surface area contributed by atoms with Gasteiger partial charge >= 0.3 is 0 Å². The minimum atomic E-state index is -2.55. The first kappa shape index (κ1) is 26.4. The van der Waals surface area contributed by atoms with Gasteiger partial charge in [-0.15, -0.1) is 0 Å². The lowest BCUT2D eigenvalue weighted by molar-refractivity contribution is 0.161. The van der Waals surface area contributed by atoms with Crippen LogP contribution in [0.1, 0.15) is 12.8 Å². The van der Waals surface area contributed by atoms with Crippen molar-refractivity contribution in [2.45, 2.75) is 24.9 Å². The second-order valence-electron chi connectivity index (χ2n) is 11.3. The number of nitrogens with one attached hydrogen (secondary N) is 3. The predicted molar refractivity (Wildman–Crippen MR) is 165 cm³/mol. The highest BCUT2D eigenvalue weighted by molar-refractivity contribution is 7.70. The number of H-pyrrole nitrogens is 1. The Balaban J connectivity index is 1.22. The summed E-state index contributed by atoms with van der Waals surface area (Å²) in [5, 5.41) is 8.57. The van der Waals surface area contributed by atoms with Gasteiger partial charge in [-0.25, -0.2) is 0 Å². The van der Waals surface area contributed by atoms with Gasteiger partial charge < -0.3 is 34.6 Å². The van der Waals surface area contributed by atoms with Crippen molar-refractivity contribution < 1.29 is 14.0 Å². The molecule has 2 aromatic heterocycles. The molecule has 4 aromatic rings. The number of nitrogens with zero attached hydrogens (tertiary/aromatic N) is 4. The lowest BCUT2D eigenvalue weighted by atomic mass is 10.1. The average Bonchev–Trinajstić information content (AvgIpc) is 3.74. The summed E-state index contributed by atoms with van der Waals surface area (Å²) in [5.74, 6) is 2.32. The van der Waals surface area contributed by atoms with Gasteiger partial charge in [-0.1, -0.05) is 23.7 Å². The van der Waals surface area contributed by atoms with Crippen LogP contribution in [0.2, 0.25) is 5.02 Å². The van der Waals surface area contributed by atoms with Crippen molar-refractivity contribution in [3.8, 4) is 11.5 Å². The maximum atomic E-state index is 13.0. The monoisotopic (exact) mass is 593 g/mol. The lowest BCUT2D eigenvalue weighted by Crippen LogP contribution is -2.57. The van der Waals surface area contributed by atoms with Gasteiger partial charge in [-0.2, -0.15) is 9.97 Å². The van der Waals surface area contributed by atoms with Gasteiger partial charge in [-0.05, 0) is 38.3 Å². The summed E-state index contributed by atoms with van der Waals surface area (Å²) < 4.78 is 25.1. The van der Waals surface area contributed by atoms with Crippen molar-refractivity contribution in [1.29, 1.82) is 0 Å². The average molecular weight is 594 g/mol. The molecule has 2 fully saturated rings. The Labute approximate surface area is 243 Å². The zero-order valence-electron chi connectivity index (χ0n) is 23.3. The number of hydrogen-bond acceptors (Lipinski definition) is 9. The summed E-state index contributed by atoms with van der Waals surface area (Å²) in [5.41, 5.74) is 3.01. The second-order valence-corrected chi connectivity index (χ2v) is 14.9. The van der Waals surface area contributed by atoms with E-state index >= 15 is 0 Å². The van der Waals surface area contributed by atoms with Crippen LogP contribution in [0.5, 0.6) is 11.5 Å². The quantitative estimate of drug-likeness (QED) is 0.243. The normalized spacial score (nSPS) is 18.9. The van der Waals surface area contributed by atoms with Gasteiger partial charge in [-0.3, -0.25) is 4.90 Å². The molecule has 10 nitrogen and oxygen atoms in total. The molecule has 3 aliphatic rings. The van der Waals surface area contributed by atoms with E-state index in [0.29, 0.717) is 57.6 Å². The van der Waals surface area contributed by atoms with Crippen molar-refractivity contribution >= 4 is 63.9 Å². The molecule has 1 aliphatic carbocycles. The fraction of sp³-hybridized carbons (Fsp3) is 0.379. The molecule has 0 unspecified atom stereocenters. The van der Waals surface area contributed by atoms with Crippen LogP contribution in [0.4, 0.5) is 28.8 Å². The van der Waals surface area contributed by atoms with Crippen LogP contribution in [0, 0.1) is 0 Å². The Morgan fingerprint density at radius 1 is 1.10 bits per heavy atom. The topological polar surface area (TPSA) is 108 Å². The highest BCUT2D eigenvalue weighted by atomic mass is 35.5. The van der Waals surface area contributed by atoms with E-state index in [0.717, 1.165) is 42.4 Å². The van der Waals surface area contributed by atoms with E-state index in [1.54, 1.807) is 26.6 Å². The zero-order valence-corrected chi connectivity index (χ0v) is 24.9. The van der Waals surface area contributed by atoms with Crippen LogP contribution in [0.3, 0.4) is 0 Å². The molecule has 1 saturated heterocycles. The third kappa shape index (κ3) is 4.98. The number of halogens is 1. The molecule has 0 radical (unpaired) electrons. The maximum Gasteiger partial charge on any atom is 0.231 e. The van der Waals surface area contributed by atoms with Gasteiger partial charge in [0.2, 0.25) is 5.95 Å². The first-order valence-electron chi connectivity index (χ1n) is 13.9. The van der Waals surface area contributed by atoms with E-state index in [9.17, 15) is 4.57 Å². The van der Waals surface area contributed by atoms with E-state index in [4.69, 9.17) is 26.1 Å². The SMILES string of the molecule is COc1cc2c(cc1Nc1nc(Nc3ccccc3P(C)(C)=O)c3c(Cl)c[nH]c3n1)OC[C@H]1CN(C3CC3)CCN21. The molecule has 3 N–H and O–H groups in total. The summed E-state index contributed by atoms with van der Waals surface area (Å²) in [7, 11) is -0.896. The van der Waals surface area contributed by atoms with Crippen LogP contribution in [0.15, 0.2) is 42.6 Å². The van der Waals surface area contributed by atoms with E-state index in [1.807, 2.05) is 36.4 Å². The number of ether oxygens (including phenoxy) is 2. The minimum Gasteiger partial charge on any atom is -0.494 e. The molecule has 1 saturated carbocycles. The van der Waals surface area contributed by atoms with Crippen molar-refractivity contribution in [3.63, 3.8) is 0 Å². The Morgan fingerprint density at radius 2 is 1.93 bits per heavy atom. The molecule has 0 amide bonds. The zero-order chi connectivity index (χ0) is 28.3. The molecule has 12 heteroatoms. The number of piperazine rings is 1. The number of rotatable bonds is 7. The number of hydrogen-bond donors (Lipinski definition) is 3. The van der Waals surface area contributed by atoms with Crippen molar-refractivity contribution in [1.82, 2.24) is 19.9 Å². The van der Waals surface area contributed by atoms with E-state index in [2.05, 4.69) is 30.4 Å². The Bertz CT molecular complexity index is 1680. The number of benzene rings is 2. The highest BCUT2D eigenvalue weighted by Crippen LogP contribution is 2.44. The Morgan fingerprint density at radius 3 is 2.71 bits per heavy atom. The van der Waals surface area contributed by atoms with E-state index in [-0.39, 0.29) is 0 Å². The fourth-order valence-electron chi connectivity index (χ4n) is 5.89. The second kappa shape index (κ2) is 10.1. The lowest BCUT2D eigenvalue weighted by Gasteiger charge is -2.46.